The maximum absolute atomic E-state index is 13.3. The lowest BCUT2D eigenvalue weighted by molar-refractivity contribution is -0.137. The number of halogens is 3. The zero-order valence-corrected chi connectivity index (χ0v) is 37.2. The van der Waals surface area contributed by atoms with Crippen molar-refractivity contribution in [2.45, 2.75) is 12.7 Å². The second kappa shape index (κ2) is 35.2. The lowest BCUT2D eigenvalue weighted by atomic mass is 9.97. The monoisotopic (exact) mass is 930 g/mol. The molecule has 0 fully saturated rings. The van der Waals surface area contributed by atoms with Crippen LogP contribution in [0.25, 0.3) is 22.3 Å². The zero-order chi connectivity index (χ0) is 46.6. The lowest BCUT2D eigenvalue weighted by Crippen LogP contribution is -2.32. The summed E-state index contributed by atoms with van der Waals surface area (Å²) < 4.78 is 105. The molecular weight excluding hydrogens is 865 g/mol. The van der Waals surface area contributed by atoms with Crippen molar-refractivity contribution in [1.29, 1.82) is 0 Å². The van der Waals surface area contributed by atoms with Gasteiger partial charge in [-0.05, 0) is 53.1 Å². The van der Waals surface area contributed by atoms with Crippen molar-refractivity contribution in [3.05, 3.63) is 72.1 Å². The molecule has 17 nitrogen and oxygen atoms in total. The third-order valence-electron chi connectivity index (χ3n) is 8.93. The molecule has 65 heavy (non-hydrogen) atoms. The van der Waals surface area contributed by atoms with Gasteiger partial charge in [0.2, 0.25) is 0 Å². The van der Waals surface area contributed by atoms with Crippen molar-refractivity contribution >= 4 is 6.09 Å². The number of aromatic hydroxyl groups is 1. The molecule has 0 aliphatic carbocycles. The molecule has 2 N–H and O–H groups in total. The highest BCUT2D eigenvalue weighted by atomic mass is 19.4. The number of benzene rings is 2. The fourth-order valence-corrected chi connectivity index (χ4v) is 5.61. The number of hydrogen-bond donors (Lipinski definition) is 2. The Bertz CT molecular complexity index is 1680. The van der Waals surface area contributed by atoms with E-state index in [0.29, 0.717) is 167 Å². The minimum Gasteiger partial charge on any atom is -0.507 e. The van der Waals surface area contributed by atoms with E-state index in [1.165, 1.54) is 24.4 Å². The van der Waals surface area contributed by atoms with Gasteiger partial charge in [0.25, 0.3) is 0 Å². The van der Waals surface area contributed by atoms with E-state index in [1.807, 2.05) is 0 Å². The van der Waals surface area contributed by atoms with Gasteiger partial charge in [0.1, 0.15) is 5.75 Å². The molecule has 0 saturated heterocycles. The Labute approximate surface area is 378 Å². The molecule has 0 aliphatic heterocycles. The van der Waals surface area contributed by atoms with E-state index < -0.39 is 17.8 Å². The number of amides is 1. The molecule has 1 heterocycles. The molecule has 366 valence electrons. The van der Waals surface area contributed by atoms with Crippen LogP contribution in [0, 0.1) is 0 Å². The molecule has 2 aromatic carbocycles. The van der Waals surface area contributed by atoms with Gasteiger partial charge in [-0.2, -0.15) is 13.2 Å². The van der Waals surface area contributed by atoms with Crippen LogP contribution in [0.3, 0.4) is 0 Å². The summed E-state index contributed by atoms with van der Waals surface area (Å²) in [5.74, 6) is -0.0907. The van der Waals surface area contributed by atoms with Crippen LogP contribution in [-0.4, -0.2) is 192 Å². The van der Waals surface area contributed by atoms with Gasteiger partial charge in [-0.25, -0.2) is 4.79 Å². The SMILES string of the molecule is COCCOCCOCCOCCOCCOCCOCCOCCOCCOCCOCCOCCN(Cc1cc(-c2cc(-c3cccc(C(F)(F)F)c3)ccc2O)ccn1)C(=O)O. The van der Waals surface area contributed by atoms with E-state index in [4.69, 9.17) is 56.8 Å². The van der Waals surface area contributed by atoms with E-state index in [9.17, 15) is 28.2 Å². The third kappa shape index (κ3) is 26.0. The molecule has 0 aliphatic rings. The van der Waals surface area contributed by atoms with E-state index in [2.05, 4.69) is 4.98 Å². The molecule has 0 radical (unpaired) electrons. The molecule has 0 bridgehead atoms. The number of pyridine rings is 1. The van der Waals surface area contributed by atoms with Gasteiger partial charge < -0.3 is 72.0 Å². The van der Waals surface area contributed by atoms with Crippen LogP contribution in [0.15, 0.2) is 60.8 Å². The van der Waals surface area contributed by atoms with Gasteiger partial charge in [-0.3, -0.25) is 4.98 Å². The topological polar surface area (TPSA) is 184 Å². The first-order chi connectivity index (χ1) is 31.7. The Kier molecular flexibility index (Phi) is 29.9. The Morgan fingerprint density at radius 2 is 0.954 bits per heavy atom. The Morgan fingerprint density at radius 3 is 1.37 bits per heavy atom. The number of hydrogen-bond acceptors (Lipinski definition) is 15. The number of aromatic nitrogens is 1. The minimum atomic E-state index is -4.50. The summed E-state index contributed by atoms with van der Waals surface area (Å²) in [6.45, 7) is 10.1. The fraction of sp³-hybridized carbons (Fsp3) is 0.600. The van der Waals surface area contributed by atoms with Gasteiger partial charge in [0.15, 0.2) is 0 Å². The highest BCUT2D eigenvalue weighted by molar-refractivity contribution is 5.77. The first-order valence-corrected chi connectivity index (χ1v) is 21.5. The number of carbonyl (C=O) groups is 1. The maximum atomic E-state index is 13.3. The number of phenols is 1. The minimum absolute atomic E-state index is 0.0559. The smallest absolute Gasteiger partial charge is 0.416 e. The van der Waals surface area contributed by atoms with Crippen molar-refractivity contribution in [1.82, 2.24) is 9.88 Å². The number of methoxy groups -OCH3 is 1. The molecule has 3 rings (SSSR count). The summed E-state index contributed by atoms with van der Waals surface area (Å²) in [6, 6.07) is 12.7. The van der Waals surface area contributed by atoms with Crippen molar-refractivity contribution in [3.8, 4) is 28.0 Å². The van der Waals surface area contributed by atoms with Crippen LogP contribution in [0.4, 0.5) is 18.0 Å². The average Bonchev–Trinajstić information content (AvgIpc) is 3.29. The largest absolute Gasteiger partial charge is 0.507 e. The Balaban J connectivity index is 1.09. The molecular formula is C45H65F3N2O15. The van der Waals surface area contributed by atoms with Crippen LogP contribution in [-0.2, 0) is 69.6 Å². The Hall–Kier alpha value is -4.03. The first-order valence-electron chi connectivity index (χ1n) is 21.5. The average molecular weight is 931 g/mol. The number of nitrogens with zero attached hydrogens (tertiary/aromatic N) is 2. The third-order valence-corrected chi connectivity index (χ3v) is 8.93. The summed E-state index contributed by atoms with van der Waals surface area (Å²) >= 11 is 0. The molecule has 1 aromatic heterocycles. The van der Waals surface area contributed by atoms with Crippen LogP contribution < -0.4 is 0 Å². The van der Waals surface area contributed by atoms with Crippen molar-refractivity contribution < 1.29 is 85.0 Å². The number of carboxylic acid groups (broad SMARTS) is 1. The fourth-order valence-electron chi connectivity index (χ4n) is 5.61. The van der Waals surface area contributed by atoms with Gasteiger partial charge in [-0.1, -0.05) is 18.2 Å². The zero-order valence-electron chi connectivity index (χ0n) is 37.2. The second-order valence-corrected chi connectivity index (χ2v) is 13.8. The van der Waals surface area contributed by atoms with Crippen molar-refractivity contribution in [3.63, 3.8) is 0 Å². The van der Waals surface area contributed by atoms with Crippen molar-refractivity contribution in [2.75, 3.05) is 166 Å². The van der Waals surface area contributed by atoms with Gasteiger partial charge >= 0.3 is 12.3 Å². The second-order valence-electron chi connectivity index (χ2n) is 13.8. The van der Waals surface area contributed by atoms with Gasteiger partial charge in [0.05, 0.1) is 170 Å². The highest BCUT2D eigenvalue weighted by Gasteiger charge is 2.30. The van der Waals surface area contributed by atoms with E-state index >= 15 is 0 Å². The van der Waals surface area contributed by atoms with E-state index in [0.717, 1.165) is 17.0 Å². The number of alkyl halides is 3. The van der Waals surface area contributed by atoms with Crippen LogP contribution in [0.5, 0.6) is 5.75 Å². The van der Waals surface area contributed by atoms with E-state index in [-0.39, 0.29) is 32.1 Å². The molecule has 3 aromatic rings. The molecule has 0 atom stereocenters. The van der Waals surface area contributed by atoms with Gasteiger partial charge in [0, 0.05) is 25.4 Å². The predicted octanol–water partition coefficient (Wildman–Crippen LogP) is 5.45. The summed E-state index contributed by atoms with van der Waals surface area (Å²) in [5.41, 5.74) is 1.30. The molecule has 20 heteroatoms. The predicted molar refractivity (Wildman–Crippen MR) is 231 cm³/mol. The maximum Gasteiger partial charge on any atom is 0.416 e. The van der Waals surface area contributed by atoms with Crippen molar-refractivity contribution in [2.24, 2.45) is 0 Å². The number of phenolic OH excluding ortho intramolecular Hbond substituents is 1. The van der Waals surface area contributed by atoms with Crippen LogP contribution in [0.2, 0.25) is 0 Å². The molecule has 0 unspecified atom stereocenters. The molecule has 1 amide bonds. The summed E-state index contributed by atoms with van der Waals surface area (Å²) in [5, 5.41) is 20.4. The summed E-state index contributed by atoms with van der Waals surface area (Å²) in [7, 11) is 1.63. The van der Waals surface area contributed by atoms with Crippen LogP contribution >= 0.6 is 0 Å². The molecule has 0 spiro atoms. The number of rotatable bonds is 40. The Morgan fingerprint density at radius 1 is 0.538 bits per heavy atom. The summed E-state index contributed by atoms with van der Waals surface area (Å²) in [6.07, 6.45) is -4.19. The number of ether oxygens (including phenoxy) is 12. The normalized spacial score (nSPS) is 11.7. The van der Waals surface area contributed by atoms with Gasteiger partial charge in [-0.15, -0.1) is 0 Å². The highest BCUT2D eigenvalue weighted by Crippen LogP contribution is 2.36. The van der Waals surface area contributed by atoms with Crippen LogP contribution in [0.1, 0.15) is 11.3 Å². The molecule has 0 saturated carbocycles. The quantitative estimate of drug-likeness (QED) is 0.0686. The van der Waals surface area contributed by atoms with E-state index in [1.54, 1.807) is 31.4 Å². The lowest BCUT2D eigenvalue weighted by Gasteiger charge is -2.19. The summed E-state index contributed by atoms with van der Waals surface area (Å²) in [4.78, 5) is 17.4. The first kappa shape index (κ1) is 55.3. The standard InChI is InChI=1S/C45H65F3N2O15/c1-54-11-12-56-15-16-58-19-20-60-23-24-62-27-28-64-31-32-65-30-29-63-26-25-61-22-21-59-18-17-57-14-13-55-10-9-50(44(52)53)36-41-34-39(7-8-49-41)42-35-38(5-6-43(42)51)37-3-2-4-40(33-37)45(46,47)48/h2-8,33-35,51H,9-32,36H2,1H3,(H,52,53).